The first-order valence-corrected chi connectivity index (χ1v) is 13.2. The quantitative estimate of drug-likeness (QED) is 0.374. The average Bonchev–Trinajstić information content (AvgIpc) is 2.84. The Morgan fingerprint density at radius 2 is 1.69 bits per heavy atom. The van der Waals surface area contributed by atoms with Crippen LogP contribution in [0.15, 0.2) is 64.0 Å². The van der Waals surface area contributed by atoms with Crippen molar-refractivity contribution in [3.8, 4) is 11.5 Å². The lowest BCUT2D eigenvalue weighted by Gasteiger charge is -2.26. The van der Waals surface area contributed by atoms with Crippen molar-refractivity contribution in [1.82, 2.24) is 0 Å². The van der Waals surface area contributed by atoms with E-state index in [0.717, 1.165) is 25.5 Å². The number of carbonyl (C=O) groups excluding carboxylic acids is 1. The SMILES string of the molecule is CCc1cc(Br)cc(C)c1NC(=O)CN(c1ccc(OC)cc1)S(=O)(=O)c1cc(C)ccc1OC. The van der Waals surface area contributed by atoms with E-state index in [4.69, 9.17) is 9.47 Å². The van der Waals surface area contributed by atoms with E-state index in [1.54, 1.807) is 43.3 Å². The van der Waals surface area contributed by atoms with Gasteiger partial charge in [0.1, 0.15) is 22.9 Å². The molecular formula is C26H29BrN2O5S. The first-order chi connectivity index (χ1) is 16.6. The van der Waals surface area contributed by atoms with Crippen molar-refractivity contribution < 1.29 is 22.7 Å². The molecule has 186 valence electrons. The summed E-state index contributed by atoms with van der Waals surface area (Å²) in [6.45, 7) is 5.26. The Bertz CT molecular complexity index is 1320. The number of carbonyl (C=O) groups is 1. The number of methoxy groups -OCH3 is 2. The van der Waals surface area contributed by atoms with E-state index in [9.17, 15) is 13.2 Å². The van der Waals surface area contributed by atoms with Crippen LogP contribution >= 0.6 is 15.9 Å². The minimum atomic E-state index is -4.16. The number of amides is 1. The van der Waals surface area contributed by atoms with Crippen molar-refractivity contribution in [2.45, 2.75) is 32.1 Å². The van der Waals surface area contributed by atoms with Gasteiger partial charge < -0.3 is 14.8 Å². The van der Waals surface area contributed by atoms with Crippen LogP contribution in [0, 0.1) is 13.8 Å². The second-order valence-corrected chi connectivity index (χ2v) is 10.8. The smallest absolute Gasteiger partial charge is 0.268 e. The van der Waals surface area contributed by atoms with E-state index in [2.05, 4.69) is 21.2 Å². The van der Waals surface area contributed by atoms with Crippen molar-refractivity contribution >= 4 is 43.2 Å². The number of rotatable bonds is 9. The maximum Gasteiger partial charge on any atom is 0.268 e. The van der Waals surface area contributed by atoms with E-state index in [1.807, 2.05) is 26.0 Å². The largest absolute Gasteiger partial charge is 0.497 e. The summed E-state index contributed by atoms with van der Waals surface area (Å²) in [6.07, 6.45) is 0.705. The van der Waals surface area contributed by atoms with Crippen LogP contribution in [0.1, 0.15) is 23.6 Å². The summed E-state index contributed by atoms with van der Waals surface area (Å²) in [6, 6.07) is 15.3. The number of anilines is 2. The summed E-state index contributed by atoms with van der Waals surface area (Å²) in [7, 11) is -1.22. The van der Waals surface area contributed by atoms with E-state index < -0.39 is 22.5 Å². The Morgan fingerprint density at radius 3 is 2.29 bits per heavy atom. The standard InChI is InChI=1S/C26H29BrN2O5S/c1-6-19-15-20(27)14-18(3)26(19)28-25(30)16-29(21-8-10-22(33-4)11-9-21)35(31,32)24-13-17(2)7-12-23(24)34-5/h7-15H,6,16H2,1-5H3,(H,28,30). The van der Waals surface area contributed by atoms with Crippen LogP contribution in [-0.2, 0) is 21.2 Å². The van der Waals surface area contributed by atoms with Gasteiger partial charge in [0.2, 0.25) is 5.91 Å². The molecular weight excluding hydrogens is 532 g/mol. The molecule has 0 radical (unpaired) electrons. The van der Waals surface area contributed by atoms with E-state index in [1.165, 1.54) is 20.3 Å². The maximum absolute atomic E-state index is 13.9. The highest BCUT2D eigenvalue weighted by molar-refractivity contribution is 9.10. The van der Waals surface area contributed by atoms with Gasteiger partial charge in [-0.2, -0.15) is 0 Å². The zero-order valence-corrected chi connectivity index (χ0v) is 22.8. The predicted octanol–water partition coefficient (Wildman–Crippen LogP) is 5.48. The lowest BCUT2D eigenvalue weighted by molar-refractivity contribution is -0.114. The van der Waals surface area contributed by atoms with Gasteiger partial charge in [-0.1, -0.05) is 28.9 Å². The Labute approximate surface area is 215 Å². The molecule has 0 heterocycles. The van der Waals surface area contributed by atoms with Gasteiger partial charge in [0.05, 0.1) is 19.9 Å². The van der Waals surface area contributed by atoms with Gasteiger partial charge in [-0.05, 0) is 85.5 Å². The number of hydrogen-bond acceptors (Lipinski definition) is 5. The molecule has 0 spiro atoms. The number of ether oxygens (including phenoxy) is 2. The summed E-state index contributed by atoms with van der Waals surface area (Å²) in [4.78, 5) is 13.2. The summed E-state index contributed by atoms with van der Waals surface area (Å²) in [5.41, 5.74) is 3.59. The molecule has 35 heavy (non-hydrogen) atoms. The minimum absolute atomic E-state index is 0.0160. The van der Waals surface area contributed by atoms with Gasteiger partial charge in [0.15, 0.2) is 0 Å². The number of aryl methyl sites for hydroxylation is 3. The number of halogens is 1. The second kappa shape index (κ2) is 11.1. The lowest BCUT2D eigenvalue weighted by Crippen LogP contribution is -2.38. The summed E-state index contributed by atoms with van der Waals surface area (Å²) < 4.78 is 40.3. The van der Waals surface area contributed by atoms with Crippen molar-refractivity contribution in [3.05, 3.63) is 75.8 Å². The zero-order valence-electron chi connectivity index (χ0n) is 20.4. The van der Waals surface area contributed by atoms with Crippen molar-refractivity contribution in [1.29, 1.82) is 0 Å². The molecule has 0 aliphatic carbocycles. The molecule has 3 rings (SSSR count). The van der Waals surface area contributed by atoms with Crippen LogP contribution in [0.25, 0.3) is 0 Å². The molecule has 0 saturated carbocycles. The molecule has 0 aliphatic heterocycles. The Kier molecular flexibility index (Phi) is 8.45. The minimum Gasteiger partial charge on any atom is -0.497 e. The highest BCUT2D eigenvalue weighted by Gasteiger charge is 2.30. The highest BCUT2D eigenvalue weighted by atomic mass is 79.9. The fraction of sp³-hybridized carbons (Fsp3) is 0.269. The number of hydrogen-bond donors (Lipinski definition) is 1. The third-order valence-electron chi connectivity index (χ3n) is 5.56. The molecule has 7 nitrogen and oxygen atoms in total. The molecule has 0 fully saturated rings. The van der Waals surface area contributed by atoms with Gasteiger partial charge >= 0.3 is 0 Å². The van der Waals surface area contributed by atoms with Crippen molar-refractivity contribution in [3.63, 3.8) is 0 Å². The van der Waals surface area contributed by atoms with Gasteiger partial charge in [-0.25, -0.2) is 8.42 Å². The molecule has 0 bridgehead atoms. The van der Waals surface area contributed by atoms with Crippen LogP contribution in [-0.4, -0.2) is 35.1 Å². The predicted molar refractivity (Wildman–Crippen MR) is 142 cm³/mol. The summed E-state index contributed by atoms with van der Waals surface area (Å²) in [5.74, 6) is 0.310. The first kappa shape index (κ1) is 26.6. The lowest BCUT2D eigenvalue weighted by atomic mass is 10.1. The molecule has 3 aromatic carbocycles. The molecule has 9 heteroatoms. The Hall–Kier alpha value is -3.04. The topological polar surface area (TPSA) is 84.9 Å². The Balaban J connectivity index is 2.05. The van der Waals surface area contributed by atoms with Crippen LogP contribution in [0.5, 0.6) is 11.5 Å². The van der Waals surface area contributed by atoms with Gasteiger partial charge in [0, 0.05) is 10.2 Å². The highest BCUT2D eigenvalue weighted by Crippen LogP contribution is 2.32. The first-order valence-electron chi connectivity index (χ1n) is 11.0. The summed E-state index contributed by atoms with van der Waals surface area (Å²) in [5, 5.41) is 2.92. The monoisotopic (exact) mass is 560 g/mol. The van der Waals surface area contributed by atoms with Crippen LogP contribution < -0.4 is 19.1 Å². The van der Waals surface area contributed by atoms with E-state index in [0.29, 0.717) is 23.5 Å². The molecule has 0 saturated heterocycles. The third kappa shape index (κ3) is 5.97. The molecule has 0 aliphatic rings. The molecule has 1 N–H and O–H groups in total. The maximum atomic E-state index is 13.9. The fourth-order valence-electron chi connectivity index (χ4n) is 3.75. The number of benzene rings is 3. The number of nitrogens with one attached hydrogen (secondary N) is 1. The number of sulfonamides is 1. The van der Waals surface area contributed by atoms with E-state index >= 15 is 0 Å². The van der Waals surface area contributed by atoms with Gasteiger partial charge in [-0.3, -0.25) is 9.10 Å². The fourth-order valence-corrected chi connectivity index (χ4v) is 6.03. The summed E-state index contributed by atoms with van der Waals surface area (Å²) >= 11 is 3.49. The molecule has 0 aromatic heterocycles. The van der Waals surface area contributed by atoms with Crippen LogP contribution in [0.3, 0.4) is 0 Å². The second-order valence-electron chi connectivity index (χ2n) is 8.02. The number of nitrogens with zero attached hydrogens (tertiary/aromatic N) is 1. The van der Waals surface area contributed by atoms with Gasteiger partial charge in [-0.15, -0.1) is 0 Å². The molecule has 0 unspecified atom stereocenters. The molecule has 3 aromatic rings. The third-order valence-corrected chi connectivity index (χ3v) is 7.81. The Morgan fingerprint density at radius 1 is 1.00 bits per heavy atom. The zero-order chi connectivity index (χ0) is 25.8. The normalized spacial score (nSPS) is 11.1. The van der Waals surface area contributed by atoms with Crippen LogP contribution in [0.2, 0.25) is 0 Å². The average molecular weight is 561 g/mol. The van der Waals surface area contributed by atoms with Crippen molar-refractivity contribution in [2.75, 3.05) is 30.4 Å². The molecule has 0 atom stereocenters. The van der Waals surface area contributed by atoms with Crippen LogP contribution in [0.4, 0.5) is 11.4 Å². The van der Waals surface area contributed by atoms with Gasteiger partial charge in [0.25, 0.3) is 10.0 Å². The molecule has 1 amide bonds. The van der Waals surface area contributed by atoms with E-state index in [-0.39, 0.29) is 10.6 Å². The van der Waals surface area contributed by atoms with Crippen molar-refractivity contribution in [2.24, 2.45) is 0 Å².